The van der Waals surface area contributed by atoms with Crippen molar-refractivity contribution in [3.63, 3.8) is 0 Å². The highest BCUT2D eigenvalue weighted by Crippen LogP contribution is 2.45. The lowest BCUT2D eigenvalue weighted by atomic mass is 9.93. The van der Waals surface area contributed by atoms with Gasteiger partial charge in [-0.05, 0) is 245 Å². The average molecular weight is 1620 g/mol. The zero-order chi connectivity index (χ0) is 83.6. The molecule has 0 aliphatic rings. The Hall–Kier alpha value is -17.1. The van der Waals surface area contributed by atoms with Crippen molar-refractivity contribution in [3.05, 3.63) is 449 Å². The van der Waals surface area contributed by atoms with Crippen LogP contribution in [0.5, 0.6) is 0 Å². The molecule has 0 saturated heterocycles. The van der Waals surface area contributed by atoms with E-state index in [0.29, 0.717) is 5.89 Å². The van der Waals surface area contributed by atoms with Crippen LogP contribution in [0.3, 0.4) is 0 Å². The Balaban J connectivity index is 0.000000138. The Bertz CT molecular complexity index is 8850. The molecule has 0 amide bonds. The monoisotopic (exact) mass is 1620 g/mol. The first-order valence-electron chi connectivity index (χ1n) is 43.1. The largest absolute Gasteiger partial charge is 0.436 e. The molecule has 0 atom stereocenters. The van der Waals surface area contributed by atoms with Crippen molar-refractivity contribution in [2.45, 2.75) is 0 Å². The molecule has 18 aromatic carbocycles. The van der Waals surface area contributed by atoms with E-state index in [0.717, 1.165) is 156 Å². The predicted molar refractivity (Wildman–Crippen MR) is 527 cm³/mol. The van der Waals surface area contributed by atoms with Gasteiger partial charge in [0.25, 0.3) is 0 Å². The van der Waals surface area contributed by atoms with E-state index < -0.39 is 0 Å². The first kappa shape index (κ1) is 72.7. The average Bonchev–Trinajstić information content (AvgIpc) is 1.64. The molecule has 0 N–H and O–H groups in total. The first-order chi connectivity index (χ1) is 62.9. The van der Waals surface area contributed by atoms with E-state index in [4.69, 9.17) is 24.4 Å². The van der Waals surface area contributed by atoms with Crippen LogP contribution < -0.4 is 0 Å². The summed E-state index contributed by atoms with van der Waals surface area (Å²) in [5, 5.41) is 13.0. The molecule has 0 saturated carbocycles. The maximum atomic E-state index is 6.17. The molecule has 0 bridgehead atoms. The van der Waals surface area contributed by atoms with Crippen LogP contribution in [0.25, 0.3) is 244 Å². The molecule has 26 aromatic rings. The molecule has 9 heteroatoms. The summed E-state index contributed by atoms with van der Waals surface area (Å²) in [6, 6.07) is 160. The lowest BCUT2D eigenvalue weighted by Crippen LogP contribution is -1.94. The fourth-order valence-corrected chi connectivity index (χ4v) is 19.4. The molecular weight excluding hydrogens is 1550 g/mol. The molecular formula is C118H74N8O. The van der Waals surface area contributed by atoms with Crippen LogP contribution in [0.1, 0.15) is 0 Å². The van der Waals surface area contributed by atoms with Crippen LogP contribution in [0.15, 0.2) is 453 Å². The summed E-state index contributed by atoms with van der Waals surface area (Å²) >= 11 is 0. The molecule has 0 fully saturated rings. The smallest absolute Gasteiger partial charge is 0.227 e. The quantitative estimate of drug-likeness (QED) is 0.122. The van der Waals surface area contributed by atoms with Gasteiger partial charge in [-0.2, -0.15) is 0 Å². The summed E-state index contributed by atoms with van der Waals surface area (Å²) in [6.07, 6.45) is 0. The van der Waals surface area contributed by atoms with Gasteiger partial charge in [0.1, 0.15) is 5.52 Å². The van der Waals surface area contributed by atoms with Gasteiger partial charge in [-0.15, -0.1) is 0 Å². The molecule has 0 radical (unpaired) electrons. The van der Waals surface area contributed by atoms with E-state index in [2.05, 4.69) is 437 Å². The second kappa shape index (κ2) is 29.9. The molecule has 0 unspecified atom stereocenters. The van der Waals surface area contributed by atoms with Crippen molar-refractivity contribution in [2.24, 2.45) is 0 Å². The second-order valence-electron chi connectivity index (χ2n) is 32.8. The normalized spacial score (nSPS) is 11.8. The maximum Gasteiger partial charge on any atom is 0.227 e. The Labute approximate surface area is 730 Å². The SMILES string of the molecule is c1ccc(-n2c3ccccc3c3cc(-c4ccc5nc(-c6ccc7c(c6)c6ccccc6n7-c6ccccc6)cc(-c6ccc(-c7nc8ccccc8o7)cc6)c5c4)ccc32)cc1.c1ccc(-n2c3ccccc3c3cc(-c4ccc5nc(-c6ccc7c(c6)c6ccccc6n7-c6ccccc6)cc(-c6cccc(-c7ccc8ccccc8n7)c6)c5c4)ccc32)cc1. The Kier molecular flexibility index (Phi) is 17.1. The fourth-order valence-electron chi connectivity index (χ4n) is 19.4. The van der Waals surface area contributed by atoms with Crippen molar-refractivity contribution in [1.29, 1.82) is 0 Å². The summed E-state index contributed by atoms with van der Waals surface area (Å²) in [5.41, 5.74) is 34.5. The minimum Gasteiger partial charge on any atom is -0.436 e. The number of rotatable bonds is 12. The highest BCUT2D eigenvalue weighted by atomic mass is 16.3. The molecule has 592 valence electrons. The van der Waals surface area contributed by atoms with E-state index in [9.17, 15) is 0 Å². The highest BCUT2D eigenvalue weighted by Gasteiger charge is 2.23. The van der Waals surface area contributed by atoms with Crippen molar-refractivity contribution in [3.8, 4) is 112 Å². The van der Waals surface area contributed by atoms with Crippen LogP contribution in [0, 0.1) is 0 Å². The Morgan fingerprint density at radius 1 is 0.165 bits per heavy atom. The molecule has 127 heavy (non-hydrogen) atoms. The van der Waals surface area contributed by atoms with Gasteiger partial charge in [0, 0.05) is 104 Å². The van der Waals surface area contributed by atoms with Crippen LogP contribution in [0.4, 0.5) is 0 Å². The van der Waals surface area contributed by atoms with Gasteiger partial charge in [-0.1, -0.05) is 249 Å². The van der Waals surface area contributed by atoms with Crippen LogP contribution in [-0.4, -0.2) is 38.2 Å². The Morgan fingerprint density at radius 2 is 0.488 bits per heavy atom. The maximum absolute atomic E-state index is 6.17. The number of hydrogen-bond donors (Lipinski definition) is 0. The van der Waals surface area contributed by atoms with Crippen molar-refractivity contribution in [2.75, 3.05) is 0 Å². The zero-order valence-corrected chi connectivity index (χ0v) is 68.7. The van der Waals surface area contributed by atoms with Crippen molar-refractivity contribution >= 4 is 131 Å². The van der Waals surface area contributed by atoms with Crippen LogP contribution in [0.2, 0.25) is 0 Å². The number of para-hydroxylation sites is 11. The number of benzene rings is 18. The third-order valence-corrected chi connectivity index (χ3v) is 25.4. The minimum absolute atomic E-state index is 0.609. The molecule has 8 heterocycles. The molecule has 9 nitrogen and oxygen atoms in total. The molecule has 0 spiro atoms. The standard InChI is InChI=1S/C60H38N4.C58H36N4O/c1-3-17-45(18-4-1)63-57-24-11-8-21-47(57)51-36-41(28-32-59(51)63)40-27-31-55-50(35-40)49(42-15-13-16-43(34-42)54-30-26-39-14-7-10-23-53(39)61-54)38-56(62-55)44-29-33-60-52(37-44)48-22-9-12-25-58(48)64(60)46-19-5-2-6-20-46;1-3-13-42(14-4-1)61-53-20-10-7-17-44(53)48-34-40(28-31-55(48)61)39-27-30-50-47(33-39)46(37-23-25-38(26-24-37)58-60-51-19-9-12-22-57(51)63-58)36-52(59-50)41-29-32-56-49(35-41)45-18-8-11-21-54(45)62(56)43-15-5-2-6-16-43/h1-38H;1-36H. The lowest BCUT2D eigenvalue weighted by Gasteiger charge is -2.14. The van der Waals surface area contributed by atoms with E-state index in [1.165, 1.54) is 81.7 Å². The number of aromatic nitrogens is 8. The van der Waals surface area contributed by atoms with E-state index in [-0.39, 0.29) is 0 Å². The Morgan fingerprint density at radius 3 is 0.937 bits per heavy atom. The molecule has 0 aliphatic carbocycles. The number of nitrogens with zero attached hydrogens (tertiary/aromatic N) is 8. The minimum atomic E-state index is 0.609. The first-order valence-corrected chi connectivity index (χ1v) is 43.1. The number of fused-ring (bicyclic) bond motifs is 16. The third-order valence-electron chi connectivity index (χ3n) is 25.4. The van der Waals surface area contributed by atoms with Gasteiger partial charge in [0.05, 0.1) is 77.8 Å². The van der Waals surface area contributed by atoms with Crippen LogP contribution >= 0.6 is 0 Å². The topological polar surface area (TPSA) is 84.4 Å². The summed E-state index contributed by atoms with van der Waals surface area (Å²) < 4.78 is 15.6. The van der Waals surface area contributed by atoms with Crippen molar-refractivity contribution in [1.82, 2.24) is 38.2 Å². The number of hydrogen-bond acceptors (Lipinski definition) is 5. The summed E-state index contributed by atoms with van der Waals surface area (Å²) in [4.78, 5) is 20.7. The molecule has 26 rings (SSSR count). The van der Waals surface area contributed by atoms with E-state index in [1.54, 1.807) is 0 Å². The van der Waals surface area contributed by atoms with Crippen LogP contribution in [-0.2, 0) is 0 Å². The highest BCUT2D eigenvalue weighted by molar-refractivity contribution is 6.15. The molecule has 0 aliphatic heterocycles. The van der Waals surface area contributed by atoms with Gasteiger partial charge in [0.2, 0.25) is 5.89 Å². The summed E-state index contributed by atoms with van der Waals surface area (Å²) in [6.45, 7) is 0. The number of pyridine rings is 3. The third kappa shape index (κ3) is 12.5. The fraction of sp³-hybridized carbons (Fsp3) is 0. The van der Waals surface area contributed by atoms with Crippen molar-refractivity contribution < 1.29 is 4.42 Å². The van der Waals surface area contributed by atoms with Gasteiger partial charge < -0.3 is 22.7 Å². The lowest BCUT2D eigenvalue weighted by molar-refractivity contribution is 0.620. The van der Waals surface area contributed by atoms with Gasteiger partial charge >= 0.3 is 0 Å². The van der Waals surface area contributed by atoms with Gasteiger partial charge in [-0.3, -0.25) is 0 Å². The zero-order valence-electron chi connectivity index (χ0n) is 68.7. The van der Waals surface area contributed by atoms with Gasteiger partial charge in [-0.25, -0.2) is 19.9 Å². The second-order valence-corrected chi connectivity index (χ2v) is 32.8. The molecule has 8 aromatic heterocycles. The van der Waals surface area contributed by atoms with E-state index in [1.807, 2.05) is 30.3 Å². The summed E-state index contributed by atoms with van der Waals surface area (Å²) in [5.74, 6) is 0.609. The predicted octanol–water partition coefficient (Wildman–Crippen LogP) is 30.9. The van der Waals surface area contributed by atoms with Gasteiger partial charge in [0.15, 0.2) is 5.58 Å². The van der Waals surface area contributed by atoms with E-state index >= 15 is 0 Å². The summed E-state index contributed by atoms with van der Waals surface area (Å²) in [7, 11) is 0. The number of oxazole rings is 1.